The van der Waals surface area contributed by atoms with E-state index in [9.17, 15) is 4.79 Å². The molecule has 2 saturated heterocycles. The van der Waals surface area contributed by atoms with Crippen LogP contribution >= 0.6 is 0 Å². The summed E-state index contributed by atoms with van der Waals surface area (Å²) in [5.41, 5.74) is 9.81. The largest absolute Gasteiger partial charge is 0.493 e. The van der Waals surface area contributed by atoms with Gasteiger partial charge in [-0.25, -0.2) is 0 Å². The van der Waals surface area contributed by atoms with Crippen LogP contribution in [0.2, 0.25) is 0 Å². The molecular weight excluding hydrogens is 458 g/mol. The molecule has 2 atom stereocenters. The molecule has 0 unspecified atom stereocenters. The van der Waals surface area contributed by atoms with Crippen molar-refractivity contribution in [3.05, 3.63) is 47.4 Å². The van der Waals surface area contributed by atoms with E-state index in [4.69, 9.17) is 10.5 Å². The summed E-state index contributed by atoms with van der Waals surface area (Å²) in [6.07, 6.45) is 19.5. The molecule has 0 spiro atoms. The van der Waals surface area contributed by atoms with Gasteiger partial charge in [0, 0.05) is 37.8 Å². The first-order chi connectivity index (χ1) is 17.9. The number of nitrogens with two attached hydrogens (primary N) is 1. The zero-order chi connectivity index (χ0) is 27.0. The topological polar surface area (TPSA) is 58.8 Å². The molecule has 0 saturated carbocycles. The third kappa shape index (κ3) is 10.7. The van der Waals surface area contributed by atoms with Crippen LogP contribution in [0.15, 0.2) is 47.4 Å². The number of nitrogens with zero attached hydrogens (tertiary/aromatic N) is 2. The summed E-state index contributed by atoms with van der Waals surface area (Å²) in [5, 5.41) is 0. The highest BCUT2D eigenvalue weighted by molar-refractivity contribution is 5.78. The molecule has 37 heavy (non-hydrogen) atoms. The predicted molar refractivity (Wildman–Crippen MR) is 157 cm³/mol. The van der Waals surface area contributed by atoms with Crippen LogP contribution in [0.1, 0.15) is 105 Å². The SMILES string of the molecule is C=C(/C=C1/CCO/C1=C/C)[C@@H]1C[C@H](CC/C(N)=C/CCCCC)N(CC(=O)N(CCCC)CCCC)C1. The predicted octanol–water partition coefficient (Wildman–Crippen LogP) is 7.12. The van der Waals surface area contributed by atoms with Gasteiger partial charge in [0.2, 0.25) is 5.91 Å². The van der Waals surface area contributed by atoms with Crippen LogP contribution in [0.5, 0.6) is 0 Å². The van der Waals surface area contributed by atoms with Gasteiger partial charge < -0.3 is 15.4 Å². The number of amides is 1. The van der Waals surface area contributed by atoms with Gasteiger partial charge >= 0.3 is 0 Å². The fourth-order valence-electron chi connectivity index (χ4n) is 5.44. The molecule has 0 bridgehead atoms. The Labute approximate surface area is 227 Å². The highest BCUT2D eigenvalue weighted by Gasteiger charge is 2.34. The van der Waals surface area contributed by atoms with E-state index in [0.29, 0.717) is 18.5 Å². The summed E-state index contributed by atoms with van der Waals surface area (Å²) >= 11 is 0. The van der Waals surface area contributed by atoms with Crippen LogP contribution in [0.3, 0.4) is 0 Å². The van der Waals surface area contributed by atoms with Crippen molar-refractivity contribution in [1.82, 2.24) is 9.80 Å². The average Bonchev–Trinajstić information content (AvgIpc) is 3.51. The van der Waals surface area contributed by atoms with Crippen LogP contribution in [-0.2, 0) is 9.53 Å². The smallest absolute Gasteiger partial charge is 0.236 e. The van der Waals surface area contributed by atoms with E-state index < -0.39 is 0 Å². The molecule has 2 fully saturated rings. The van der Waals surface area contributed by atoms with Crippen molar-refractivity contribution < 1.29 is 9.53 Å². The second kappa shape index (κ2) is 17.5. The van der Waals surface area contributed by atoms with Crippen LogP contribution in [-0.4, -0.2) is 54.5 Å². The highest BCUT2D eigenvalue weighted by atomic mass is 16.5. The standard InChI is InChI=1S/C32H55N3O2/c1-6-10-13-14-15-29(33)16-17-30-23-28(26(5)22-27-18-21-37-31(27)9-4)24-35(30)25-32(36)34(19-11-7-2)20-12-8-3/h9,15,22,28,30H,5-8,10-14,16-21,23-25,33H2,1-4H3/b27-22-,29-15-,31-9+/t28-,30+/m1/s1. The summed E-state index contributed by atoms with van der Waals surface area (Å²) in [6, 6.07) is 0.354. The number of hydrogen-bond donors (Lipinski definition) is 1. The van der Waals surface area contributed by atoms with Gasteiger partial charge in [-0.15, -0.1) is 0 Å². The average molecular weight is 514 g/mol. The summed E-state index contributed by atoms with van der Waals surface area (Å²) in [5.74, 6) is 1.63. The number of carbonyl (C=O) groups is 1. The number of allylic oxidation sites excluding steroid dienone is 5. The van der Waals surface area contributed by atoms with Gasteiger partial charge in [0.05, 0.1) is 13.2 Å². The maximum absolute atomic E-state index is 13.4. The van der Waals surface area contributed by atoms with Gasteiger partial charge in [-0.1, -0.05) is 70.8 Å². The Hall–Kier alpha value is -2.01. The van der Waals surface area contributed by atoms with Crippen LogP contribution in [0.25, 0.3) is 0 Å². The van der Waals surface area contributed by atoms with Crippen molar-refractivity contribution in [2.75, 3.05) is 32.8 Å². The number of rotatable bonds is 17. The molecule has 2 rings (SSSR count). The summed E-state index contributed by atoms with van der Waals surface area (Å²) in [7, 11) is 0. The van der Waals surface area contributed by atoms with Crippen molar-refractivity contribution >= 4 is 5.91 Å². The number of unbranched alkanes of at least 4 members (excludes halogenated alkanes) is 5. The molecule has 0 aliphatic carbocycles. The molecule has 0 aromatic carbocycles. The van der Waals surface area contributed by atoms with E-state index >= 15 is 0 Å². The Kier molecular flexibility index (Phi) is 14.8. The molecule has 5 heteroatoms. The summed E-state index contributed by atoms with van der Waals surface area (Å²) in [4.78, 5) is 18.0. The van der Waals surface area contributed by atoms with E-state index in [1.165, 1.54) is 24.8 Å². The zero-order valence-electron chi connectivity index (χ0n) is 24.4. The zero-order valence-corrected chi connectivity index (χ0v) is 24.4. The summed E-state index contributed by atoms with van der Waals surface area (Å²) in [6.45, 7) is 17.0. The van der Waals surface area contributed by atoms with Crippen LogP contribution < -0.4 is 5.73 Å². The molecule has 5 nitrogen and oxygen atoms in total. The highest BCUT2D eigenvalue weighted by Crippen LogP contribution is 2.34. The lowest BCUT2D eigenvalue weighted by molar-refractivity contribution is -0.132. The Morgan fingerprint density at radius 2 is 1.84 bits per heavy atom. The van der Waals surface area contributed by atoms with Gasteiger partial charge in [-0.05, 0) is 69.4 Å². The fraction of sp³-hybridized carbons (Fsp3) is 0.719. The molecule has 0 radical (unpaired) electrons. The van der Waals surface area contributed by atoms with Gasteiger partial charge in [0.15, 0.2) is 0 Å². The summed E-state index contributed by atoms with van der Waals surface area (Å²) < 4.78 is 5.75. The minimum atomic E-state index is 0.278. The first-order valence-corrected chi connectivity index (χ1v) is 15.1. The van der Waals surface area contributed by atoms with E-state index in [0.717, 1.165) is 101 Å². The van der Waals surface area contributed by atoms with Gasteiger partial charge in [-0.3, -0.25) is 9.69 Å². The Morgan fingerprint density at radius 3 is 2.49 bits per heavy atom. The van der Waals surface area contributed by atoms with Gasteiger partial charge in [-0.2, -0.15) is 0 Å². The van der Waals surface area contributed by atoms with Crippen LogP contribution in [0, 0.1) is 5.92 Å². The maximum Gasteiger partial charge on any atom is 0.236 e. The molecular formula is C32H55N3O2. The molecule has 2 aliphatic rings. The molecule has 1 amide bonds. The van der Waals surface area contributed by atoms with E-state index in [1.54, 1.807) is 0 Å². The Morgan fingerprint density at radius 1 is 1.14 bits per heavy atom. The molecule has 0 aromatic heterocycles. The Bertz CT molecular complexity index is 790. The number of carbonyl (C=O) groups excluding carboxylic acids is 1. The molecule has 2 heterocycles. The first-order valence-electron chi connectivity index (χ1n) is 15.1. The lowest BCUT2D eigenvalue weighted by Crippen LogP contribution is -2.43. The van der Waals surface area contributed by atoms with Crippen molar-refractivity contribution in [2.24, 2.45) is 11.7 Å². The first kappa shape index (κ1) is 31.2. The van der Waals surface area contributed by atoms with Crippen molar-refractivity contribution in [3.8, 4) is 0 Å². The van der Waals surface area contributed by atoms with Gasteiger partial charge in [0.25, 0.3) is 0 Å². The van der Waals surface area contributed by atoms with Crippen molar-refractivity contribution in [3.63, 3.8) is 0 Å². The number of likely N-dealkylation sites (tertiary alicyclic amines) is 1. The normalized spacial score (nSPS) is 22.6. The monoisotopic (exact) mass is 513 g/mol. The maximum atomic E-state index is 13.4. The third-order valence-corrected chi connectivity index (χ3v) is 7.85. The van der Waals surface area contributed by atoms with Gasteiger partial charge in [0.1, 0.15) is 5.76 Å². The molecule has 2 N–H and O–H groups in total. The molecule has 0 aromatic rings. The quantitative estimate of drug-likeness (QED) is 0.210. The second-order valence-corrected chi connectivity index (χ2v) is 10.9. The third-order valence-electron chi connectivity index (χ3n) is 7.85. The van der Waals surface area contributed by atoms with E-state index in [-0.39, 0.29) is 5.91 Å². The molecule has 210 valence electrons. The van der Waals surface area contributed by atoms with Crippen molar-refractivity contribution in [1.29, 1.82) is 0 Å². The van der Waals surface area contributed by atoms with E-state index in [1.807, 2.05) is 13.0 Å². The lowest BCUT2D eigenvalue weighted by Gasteiger charge is -2.28. The minimum absolute atomic E-state index is 0.278. The van der Waals surface area contributed by atoms with Crippen molar-refractivity contribution in [2.45, 2.75) is 111 Å². The Balaban J connectivity index is 2.09. The van der Waals surface area contributed by atoms with E-state index in [2.05, 4.69) is 49.3 Å². The molecule has 2 aliphatic heterocycles. The minimum Gasteiger partial charge on any atom is -0.493 e. The fourth-order valence-corrected chi connectivity index (χ4v) is 5.44. The lowest BCUT2D eigenvalue weighted by atomic mass is 9.93. The number of hydrogen-bond acceptors (Lipinski definition) is 4. The number of ether oxygens (including phenoxy) is 1. The second-order valence-electron chi connectivity index (χ2n) is 10.9. The van der Waals surface area contributed by atoms with Crippen LogP contribution in [0.4, 0.5) is 0 Å².